The average molecular weight is 531 g/mol. The maximum absolute atomic E-state index is 13.1. The van der Waals surface area contributed by atoms with Crippen molar-refractivity contribution in [1.29, 1.82) is 5.26 Å². The number of piperidine rings is 1. The van der Waals surface area contributed by atoms with Gasteiger partial charge in [-0.3, -0.25) is 14.5 Å². The number of hydrogen-bond donors (Lipinski definition) is 1. The summed E-state index contributed by atoms with van der Waals surface area (Å²) in [6.45, 7) is 7.22. The van der Waals surface area contributed by atoms with Gasteiger partial charge < -0.3 is 10.1 Å². The molecule has 36 heavy (non-hydrogen) atoms. The van der Waals surface area contributed by atoms with Crippen LogP contribution in [0.2, 0.25) is 0 Å². The van der Waals surface area contributed by atoms with Gasteiger partial charge in [-0.25, -0.2) is 8.42 Å². The van der Waals surface area contributed by atoms with Crippen molar-refractivity contribution in [2.75, 3.05) is 38.1 Å². The molecular formula is C25H30N4O5S2. The standard InChI is InChI=1S/C25H30N4O5S2/c1-3-28-12-11-20-21(15-26)24(35-22(20)16-28)27-23(30)17-5-7-19(8-6-17)36(32,33)29-13-9-18(10-14-29)25(31)34-4-2/h5-8,18H,3-4,9-14,16H2,1-2H3,(H,27,30). The van der Waals surface area contributed by atoms with Crippen molar-refractivity contribution in [3.8, 4) is 6.07 Å². The second kappa shape index (κ2) is 11.1. The SMILES string of the molecule is CCOC(=O)C1CCN(S(=O)(=O)c2ccc(C(=O)Nc3sc4c(c3C#N)CCN(CC)C4)cc2)CC1. The van der Waals surface area contributed by atoms with E-state index >= 15 is 0 Å². The van der Waals surface area contributed by atoms with Crippen molar-refractivity contribution >= 4 is 38.2 Å². The van der Waals surface area contributed by atoms with Crippen LogP contribution in [0.25, 0.3) is 0 Å². The third kappa shape index (κ3) is 5.32. The second-order valence-electron chi connectivity index (χ2n) is 8.85. The van der Waals surface area contributed by atoms with Gasteiger partial charge in [0.1, 0.15) is 11.1 Å². The van der Waals surface area contributed by atoms with Crippen molar-refractivity contribution in [2.24, 2.45) is 5.92 Å². The maximum Gasteiger partial charge on any atom is 0.309 e. The van der Waals surface area contributed by atoms with Gasteiger partial charge in [-0.15, -0.1) is 11.3 Å². The number of rotatable bonds is 7. The fourth-order valence-electron chi connectivity index (χ4n) is 4.63. The lowest BCUT2D eigenvalue weighted by molar-refractivity contribution is -0.149. The lowest BCUT2D eigenvalue weighted by Gasteiger charge is -2.30. The molecule has 1 amide bonds. The van der Waals surface area contributed by atoms with E-state index in [1.807, 2.05) is 0 Å². The molecule has 0 spiro atoms. The van der Waals surface area contributed by atoms with Crippen LogP contribution >= 0.6 is 11.3 Å². The third-order valence-electron chi connectivity index (χ3n) is 6.75. The number of hydrogen-bond acceptors (Lipinski definition) is 8. The molecule has 3 heterocycles. The van der Waals surface area contributed by atoms with Crippen LogP contribution in [0.5, 0.6) is 0 Å². The molecule has 0 saturated carbocycles. The fourth-order valence-corrected chi connectivity index (χ4v) is 7.33. The quantitative estimate of drug-likeness (QED) is 0.546. The minimum atomic E-state index is -3.74. The van der Waals surface area contributed by atoms with Gasteiger partial charge >= 0.3 is 5.97 Å². The molecule has 192 valence electrons. The van der Waals surface area contributed by atoms with Gasteiger partial charge in [-0.05, 0) is 62.6 Å². The average Bonchev–Trinajstić information content (AvgIpc) is 3.24. The van der Waals surface area contributed by atoms with Gasteiger partial charge in [-0.1, -0.05) is 6.92 Å². The Morgan fingerprint density at radius 2 is 1.86 bits per heavy atom. The Morgan fingerprint density at radius 1 is 1.17 bits per heavy atom. The van der Waals surface area contributed by atoms with Gasteiger partial charge in [0.15, 0.2) is 0 Å². The van der Waals surface area contributed by atoms with Gasteiger partial charge in [0.25, 0.3) is 5.91 Å². The highest BCUT2D eigenvalue weighted by molar-refractivity contribution is 7.89. The van der Waals surface area contributed by atoms with E-state index in [-0.39, 0.29) is 29.9 Å². The summed E-state index contributed by atoms with van der Waals surface area (Å²) in [7, 11) is -3.74. The molecule has 1 N–H and O–H groups in total. The van der Waals surface area contributed by atoms with Crippen LogP contribution in [0.3, 0.4) is 0 Å². The fraction of sp³-hybridized carbons (Fsp3) is 0.480. The summed E-state index contributed by atoms with van der Waals surface area (Å²) >= 11 is 1.43. The first-order valence-corrected chi connectivity index (χ1v) is 14.4. The van der Waals surface area contributed by atoms with Gasteiger partial charge in [0.05, 0.1) is 23.0 Å². The first-order valence-electron chi connectivity index (χ1n) is 12.1. The number of fused-ring (bicyclic) bond motifs is 1. The predicted molar refractivity (Wildman–Crippen MR) is 136 cm³/mol. The molecule has 2 aromatic rings. The van der Waals surface area contributed by atoms with E-state index in [0.29, 0.717) is 35.6 Å². The minimum Gasteiger partial charge on any atom is -0.466 e. The molecule has 0 radical (unpaired) electrons. The summed E-state index contributed by atoms with van der Waals surface area (Å²) in [4.78, 5) is 28.3. The number of anilines is 1. The number of carbonyl (C=O) groups excluding carboxylic acids is 2. The Labute approximate surface area is 215 Å². The van der Waals surface area contributed by atoms with Crippen LogP contribution in [0, 0.1) is 17.2 Å². The highest BCUT2D eigenvalue weighted by atomic mass is 32.2. The molecule has 2 aliphatic rings. The lowest BCUT2D eigenvalue weighted by atomic mass is 9.98. The zero-order valence-electron chi connectivity index (χ0n) is 20.5. The number of thiophene rings is 1. The van der Waals surface area contributed by atoms with Crippen LogP contribution in [-0.4, -0.2) is 62.3 Å². The Hall–Kier alpha value is -2.78. The van der Waals surface area contributed by atoms with Crippen molar-refractivity contribution in [3.05, 3.63) is 45.8 Å². The van der Waals surface area contributed by atoms with Crippen LogP contribution in [0.15, 0.2) is 29.2 Å². The number of sulfonamides is 1. The summed E-state index contributed by atoms with van der Waals surface area (Å²) in [5.74, 6) is -0.955. The number of likely N-dealkylation sites (N-methyl/N-ethyl adjacent to an activating group) is 1. The Morgan fingerprint density at radius 3 is 2.47 bits per heavy atom. The Balaban J connectivity index is 1.43. The van der Waals surface area contributed by atoms with E-state index in [1.54, 1.807) is 6.92 Å². The molecule has 0 aliphatic carbocycles. The number of nitrogens with one attached hydrogen (secondary N) is 1. The van der Waals surface area contributed by atoms with E-state index in [9.17, 15) is 23.3 Å². The molecule has 1 aromatic heterocycles. The molecule has 2 aliphatic heterocycles. The summed E-state index contributed by atoms with van der Waals surface area (Å²) in [5.41, 5.74) is 1.83. The first-order chi connectivity index (χ1) is 17.3. The second-order valence-corrected chi connectivity index (χ2v) is 11.9. The summed E-state index contributed by atoms with van der Waals surface area (Å²) < 4.78 is 32.6. The Kier molecular flexibility index (Phi) is 8.10. The van der Waals surface area contributed by atoms with Crippen molar-refractivity contribution < 1.29 is 22.7 Å². The maximum atomic E-state index is 13.1. The number of nitrogens with zero attached hydrogens (tertiary/aromatic N) is 3. The van der Waals surface area contributed by atoms with Crippen molar-refractivity contribution in [1.82, 2.24) is 9.21 Å². The van der Waals surface area contributed by atoms with E-state index < -0.39 is 15.9 Å². The third-order valence-corrected chi connectivity index (χ3v) is 9.80. The molecule has 0 atom stereocenters. The molecule has 11 heteroatoms. The predicted octanol–water partition coefficient (Wildman–Crippen LogP) is 3.21. The molecule has 4 rings (SSSR count). The van der Waals surface area contributed by atoms with E-state index in [2.05, 4.69) is 23.2 Å². The number of benzene rings is 1. The molecule has 1 saturated heterocycles. The zero-order chi connectivity index (χ0) is 25.9. The van der Waals surface area contributed by atoms with Crippen molar-refractivity contribution in [2.45, 2.75) is 44.6 Å². The first kappa shape index (κ1) is 26.3. The van der Waals surface area contributed by atoms with Gasteiger partial charge in [0, 0.05) is 36.6 Å². The number of ether oxygens (including phenoxy) is 1. The summed E-state index contributed by atoms with van der Waals surface area (Å²) in [6.07, 6.45) is 1.61. The van der Waals surface area contributed by atoms with Crippen LogP contribution in [0.1, 0.15) is 53.1 Å². The Bertz CT molecular complexity index is 1270. The number of amides is 1. The van der Waals surface area contributed by atoms with E-state index in [1.165, 1.54) is 39.9 Å². The van der Waals surface area contributed by atoms with Crippen LogP contribution in [-0.2, 0) is 32.5 Å². The number of carbonyl (C=O) groups is 2. The number of esters is 1. The largest absolute Gasteiger partial charge is 0.466 e. The van der Waals surface area contributed by atoms with Gasteiger partial charge in [0.2, 0.25) is 10.0 Å². The highest BCUT2D eigenvalue weighted by Gasteiger charge is 2.33. The smallest absolute Gasteiger partial charge is 0.309 e. The number of nitriles is 1. The minimum absolute atomic E-state index is 0.0950. The zero-order valence-corrected chi connectivity index (χ0v) is 22.1. The topological polar surface area (TPSA) is 120 Å². The van der Waals surface area contributed by atoms with Crippen LogP contribution < -0.4 is 5.32 Å². The normalized spacial score (nSPS) is 17.2. The van der Waals surface area contributed by atoms with Crippen LogP contribution in [0.4, 0.5) is 5.00 Å². The molecule has 1 fully saturated rings. The lowest BCUT2D eigenvalue weighted by Crippen LogP contribution is -2.40. The van der Waals surface area contributed by atoms with E-state index in [0.717, 1.165) is 36.5 Å². The van der Waals surface area contributed by atoms with Gasteiger partial charge in [-0.2, -0.15) is 9.57 Å². The molecule has 0 bridgehead atoms. The molecule has 1 aromatic carbocycles. The summed E-state index contributed by atoms with van der Waals surface area (Å²) in [5, 5.41) is 13.1. The van der Waals surface area contributed by atoms with E-state index in [4.69, 9.17) is 4.74 Å². The highest BCUT2D eigenvalue weighted by Crippen LogP contribution is 2.37. The molecule has 0 unspecified atom stereocenters. The summed E-state index contributed by atoms with van der Waals surface area (Å²) in [6, 6.07) is 8.04. The molecular weight excluding hydrogens is 500 g/mol. The van der Waals surface area contributed by atoms with Crippen molar-refractivity contribution in [3.63, 3.8) is 0 Å². The molecule has 9 nitrogen and oxygen atoms in total. The monoisotopic (exact) mass is 530 g/mol.